The maximum absolute atomic E-state index is 13.0. The third-order valence-electron chi connectivity index (χ3n) is 5.41. The Kier molecular flexibility index (Phi) is 10.2. The normalized spacial score (nSPS) is 13.1. The number of rotatable bonds is 11. The van der Waals surface area contributed by atoms with Gasteiger partial charge < -0.3 is 24.6 Å². The van der Waals surface area contributed by atoms with Crippen LogP contribution in [0.4, 0.5) is 13.2 Å². The Hall–Kier alpha value is -4.87. The molecule has 0 aliphatic rings. The van der Waals surface area contributed by atoms with Crippen molar-refractivity contribution >= 4 is 23.5 Å². The fourth-order valence-electron chi connectivity index (χ4n) is 3.53. The monoisotopic (exact) mass is 556 g/mol. The molecule has 1 N–H and O–H groups in total. The van der Waals surface area contributed by atoms with Crippen LogP contribution in [0.15, 0.2) is 88.3 Å². The molecule has 12 heteroatoms. The van der Waals surface area contributed by atoms with Gasteiger partial charge in [-0.2, -0.15) is 13.2 Å². The number of nitrogens with zero attached hydrogens (tertiary/aromatic N) is 3. The molecule has 0 aliphatic heterocycles. The molecule has 1 atom stereocenters. The molecular weight excluding hydrogens is 529 g/mol. The minimum atomic E-state index is -4.47. The van der Waals surface area contributed by atoms with Gasteiger partial charge in [0.25, 0.3) is 5.91 Å². The van der Waals surface area contributed by atoms with Crippen LogP contribution in [0.3, 0.4) is 0 Å². The molecule has 0 saturated heterocycles. The van der Waals surface area contributed by atoms with E-state index in [2.05, 4.69) is 20.8 Å². The number of nitrogens with one attached hydrogen (secondary N) is 1. The van der Waals surface area contributed by atoms with E-state index < -0.39 is 23.8 Å². The SMILES string of the molecule is CNC(=O)C(=NOC)c1ccccc1C(C)ON=CC(=NOC)c1ccc(Oc2cccc(C(F)(F)F)c2)cc1. The van der Waals surface area contributed by atoms with E-state index in [0.717, 1.165) is 12.1 Å². The second kappa shape index (κ2) is 13.8. The van der Waals surface area contributed by atoms with E-state index in [1.807, 2.05) is 0 Å². The van der Waals surface area contributed by atoms with Crippen molar-refractivity contribution in [3.05, 3.63) is 95.1 Å². The van der Waals surface area contributed by atoms with Crippen LogP contribution in [0.25, 0.3) is 0 Å². The number of likely N-dealkylation sites (N-methyl/N-ethyl adjacent to an activating group) is 1. The molecular formula is C28H27F3N4O5. The van der Waals surface area contributed by atoms with Crippen LogP contribution in [-0.2, 0) is 25.5 Å². The second-order valence-corrected chi connectivity index (χ2v) is 8.08. The van der Waals surface area contributed by atoms with Gasteiger partial charge in [-0.3, -0.25) is 4.79 Å². The van der Waals surface area contributed by atoms with Gasteiger partial charge in [-0.05, 0) is 49.4 Å². The summed E-state index contributed by atoms with van der Waals surface area (Å²) in [5.41, 5.74) is 1.30. The van der Waals surface area contributed by atoms with Gasteiger partial charge in [0.15, 0.2) is 5.71 Å². The zero-order chi connectivity index (χ0) is 29.1. The Labute approximate surface area is 228 Å². The van der Waals surface area contributed by atoms with Gasteiger partial charge in [0, 0.05) is 23.7 Å². The number of benzene rings is 3. The average Bonchev–Trinajstić information content (AvgIpc) is 2.95. The summed E-state index contributed by atoms with van der Waals surface area (Å²) >= 11 is 0. The first-order chi connectivity index (χ1) is 19.2. The molecule has 210 valence electrons. The number of amides is 1. The molecule has 0 aliphatic carbocycles. The number of carbonyl (C=O) groups is 1. The lowest BCUT2D eigenvalue weighted by Crippen LogP contribution is -2.29. The van der Waals surface area contributed by atoms with Gasteiger partial charge in [0.05, 0.1) is 11.8 Å². The zero-order valence-corrected chi connectivity index (χ0v) is 22.1. The first-order valence-corrected chi connectivity index (χ1v) is 11.9. The maximum Gasteiger partial charge on any atom is 0.416 e. The van der Waals surface area contributed by atoms with E-state index in [9.17, 15) is 18.0 Å². The third kappa shape index (κ3) is 7.82. The highest BCUT2D eigenvalue weighted by Crippen LogP contribution is 2.32. The van der Waals surface area contributed by atoms with Crippen molar-refractivity contribution in [3.8, 4) is 11.5 Å². The van der Waals surface area contributed by atoms with Crippen molar-refractivity contribution in [2.75, 3.05) is 21.3 Å². The highest BCUT2D eigenvalue weighted by atomic mass is 19.4. The Morgan fingerprint density at radius 1 is 0.925 bits per heavy atom. The fraction of sp³-hybridized carbons (Fsp3) is 0.214. The molecule has 0 saturated carbocycles. The van der Waals surface area contributed by atoms with E-state index in [-0.39, 0.29) is 11.5 Å². The Balaban J connectivity index is 1.74. The van der Waals surface area contributed by atoms with Crippen LogP contribution in [0.5, 0.6) is 11.5 Å². The minimum absolute atomic E-state index is 0.0488. The lowest BCUT2D eigenvalue weighted by atomic mass is 9.99. The number of alkyl halides is 3. The summed E-state index contributed by atoms with van der Waals surface area (Å²) < 4.78 is 44.5. The summed E-state index contributed by atoms with van der Waals surface area (Å²) in [4.78, 5) is 27.7. The van der Waals surface area contributed by atoms with Crippen LogP contribution in [0.2, 0.25) is 0 Å². The summed E-state index contributed by atoms with van der Waals surface area (Å²) in [7, 11) is 4.20. The number of carbonyl (C=O) groups excluding carboxylic acids is 1. The van der Waals surface area contributed by atoms with Gasteiger partial charge in [0.2, 0.25) is 0 Å². The Bertz CT molecular complexity index is 1390. The number of oxime groups is 3. The second-order valence-electron chi connectivity index (χ2n) is 8.08. The van der Waals surface area contributed by atoms with Crippen molar-refractivity contribution < 1.29 is 37.2 Å². The van der Waals surface area contributed by atoms with Crippen molar-refractivity contribution in [1.29, 1.82) is 0 Å². The molecule has 0 spiro atoms. The molecule has 3 aromatic carbocycles. The number of halogens is 3. The van der Waals surface area contributed by atoms with Crippen molar-refractivity contribution in [3.63, 3.8) is 0 Å². The Morgan fingerprint density at radius 2 is 1.62 bits per heavy atom. The topological polar surface area (TPSA) is 103 Å². The van der Waals surface area contributed by atoms with Crippen molar-refractivity contribution in [2.24, 2.45) is 15.5 Å². The van der Waals surface area contributed by atoms with Gasteiger partial charge in [0.1, 0.15) is 37.5 Å². The number of hydrogen-bond acceptors (Lipinski definition) is 8. The standard InChI is InChI=1S/C28H27F3N4O5/c1-18(23-10-5-6-11-24(23)26(35-38-4)27(36)32-2)40-33-17-25(34-37-3)19-12-14-21(15-13-19)39-22-9-7-8-20(16-22)28(29,30)31/h5-18H,1-4H3,(H,32,36). The largest absolute Gasteiger partial charge is 0.457 e. The molecule has 40 heavy (non-hydrogen) atoms. The summed E-state index contributed by atoms with van der Waals surface area (Å²) in [5, 5.41) is 14.4. The van der Waals surface area contributed by atoms with Crippen LogP contribution in [0.1, 0.15) is 35.3 Å². The summed E-state index contributed by atoms with van der Waals surface area (Å²) in [6.45, 7) is 1.75. The van der Waals surface area contributed by atoms with E-state index in [1.54, 1.807) is 55.5 Å². The highest BCUT2D eigenvalue weighted by molar-refractivity contribution is 6.45. The van der Waals surface area contributed by atoms with Gasteiger partial charge >= 0.3 is 6.18 Å². The van der Waals surface area contributed by atoms with E-state index in [1.165, 1.54) is 39.6 Å². The van der Waals surface area contributed by atoms with Gasteiger partial charge in [-0.1, -0.05) is 45.8 Å². The highest BCUT2D eigenvalue weighted by Gasteiger charge is 2.30. The van der Waals surface area contributed by atoms with E-state index in [4.69, 9.17) is 19.2 Å². The van der Waals surface area contributed by atoms with E-state index in [0.29, 0.717) is 28.2 Å². The van der Waals surface area contributed by atoms with E-state index >= 15 is 0 Å². The zero-order valence-electron chi connectivity index (χ0n) is 22.1. The molecule has 0 fully saturated rings. The Morgan fingerprint density at radius 3 is 2.27 bits per heavy atom. The third-order valence-corrected chi connectivity index (χ3v) is 5.41. The smallest absolute Gasteiger partial charge is 0.416 e. The number of ether oxygens (including phenoxy) is 1. The molecule has 9 nitrogen and oxygen atoms in total. The lowest BCUT2D eigenvalue weighted by Gasteiger charge is -2.15. The summed E-state index contributed by atoms with van der Waals surface area (Å²) in [6, 6.07) is 18.1. The van der Waals surface area contributed by atoms with Crippen LogP contribution >= 0.6 is 0 Å². The van der Waals surface area contributed by atoms with Crippen LogP contribution < -0.4 is 10.1 Å². The first kappa shape index (κ1) is 29.7. The average molecular weight is 557 g/mol. The van der Waals surface area contributed by atoms with Gasteiger partial charge in [-0.25, -0.2) is 0 Å². The predicted octanol–water partition coefficient (Wildman–Crippen LogP) is 5.71. The molecule has 0 heterocycles. The van der Waals surface area contributed by atoms with Crippen LogP contribution in [0, 0.1) is 0 Å². The quantitative estimate of drug-likeness (QED) is 0.241. The van der Waals surface area contributed by atoms with Crippen molar-refractivity contribution in [2.45, 2.75) is 19.2 Å². The van der Waals surface area contributed by atoms with Gasteiger partial charge in [-0.15, -0.1) is 0 Å². The molecule has 0 aromatic heterocycles. The first-order valence-electron chi connectivity index (χ1n) is 11.9. The minimum Gasteiger partial charge on any atom is -0.457 e. The molecule has 0 radical (unpaired) electrons. The number of hydrogen-bond donors (Lipinski definition) is 1. The summed E-state index contributed by atoms with van der Waals surface area (Å²) in [6.07, 6.45) is -3.72. The van der Waals surface area contributed by atoms with Crippen LogP contribution in [-0.4, -0.2) is 44.8 Å². The fourth-order valence-corrected chi connectivity index (χ4v) is 3.53. The molecule has 3 rings (SSSR count). The molecule has 1 amide bonds. The molecule has 3 aromatic rings. The van der Waals surface area contributed by atoms with Crippen molar-refractivity contribution in [1.82, 2.24) is 5.32 Å². The predicted molar refractivity (Wildman–Crippen MR) is 144 cm³/mol. The maximum atomic E-state index is 13.0. The summed E-state index contributed by atoms with van der Waals surface area (Å²) in [5.74, 6) is -0.0596. The lowest BCUT2D eigenvalue weighted by molar-refractivity contribution is -0.137. The molecule has 1 unspecified atom stereocenters. The molecule has 0 bridgehead atoms.